The monoisotopic (exact) mass is 387 g/mol. The molecule has 3 rings (SSSR count). The van der Waals surface area contributed by atoms with Crippen LogP contribution in [0.4, 0.5) is 4.79 Å². The molecule has 1 atom stereocenters. The van der Waals surface area contributed by atoms with Crippen LogP contribution in [0.3, 0.4) is 0 Å². The van der Waals surface area contributed by atoms with E-state index in [1.165, 1.54) is 0 Å². The predicted octanol–water partition coefficient (Wildman–Crippen LogP) is 3.20. The van der Waals surface area contributed by atoms with Gasteiger partial charge in [-0.25, -0.2) is 4.79 Å². The lowest BCUT2D eigenvalue weighted by molar-refractivity contribution is -0.124. The van der Waals surface area contributed by atoms with E-state index in [9.17, 15) is 9.59 Å². The standard InChI is InChI=1S/C22H33N3O3/c1-15(2)20(23)21(26)24-17-8-10-18(11-9-17)25(19-12-13-19)22(27)28-14-16-6-4-3-5-7-16/h3-7,15,17-20H,8-14,23H2,1-2H3,(H,24,26). The van der Waals surface area contributed by atoms with Crippen LogP contribution in [0.15, 0.2) is 30.3 Å². The lowest BCUT2D eigenvalue weighted by atomic mass is 9.89. The summed E-state index contributed by atoms with van der Waals surface area (Å²) < 4.78 is 5.59. The second-order valence-electron chi connectivity index (χ2n) is 8.46. The van der Waals surface area contributed by atoms with Gasteiger partial charge in [-0.05, 0) is 50.0 Å². The highest BCUT2D eigenvalue weighted by Crippen LogP contribution is 2.34. The van der Waals surface area contributed by atoms with Gasteiger partial charge in [-0.15, -0.1) is 0 Å². The molecule has 2 aliphatic carbocycles. The summed E-state index contributed by atoms with van der Waals surface area (Å²) in [6.45, 7) is 4.22. The van der Waals surface area contributed by atoms with E-state index in [1.807, 2.05) is 49.1 Å². The third-order valence-electron chi connectivity index (χ3n) is 5.81. The molecule has 6 nitrogen and oxygen atoms in total. The lowest BCUT2D eigenvalue weighted by Crippen LogP contribution is -2.51. The van der Waals surface area contributed by atoms with Crippen molar-refractivity contribution in [2.24, 2.45) is 11.7 Å². The van der Waals surface area contributed by atoms with Crippen LogP contribution >= 0.6 is 0 Å². The first-order chi connectivity index (χ1) is 13.5. The Morgan fingerprint density at radius 2 is 1.64 bits per heavy atom. The number of hydrogen-bond donors (Lipinski definition) is 2. The van der Waals surface area contributed by atoms with Crippen LogP contribution in [-0.4, -0.2) is 41.1 Å². The van der Waals surface area contributed by atoms with Gasteiger partial charge in [-0.1, -0.05) is 44.2 Å². The number of carbonyl (C=O) groups excluding carboxylic acids is 2. The van der Waals surface area contributed by atoms with Crippen molar-refractivity contribution in [1.29, 1.82) is 0 Å². The van der Waals surface area contributed by atoms with Crippen molar-refractivity contribution in [1.82, 2.24) is 10.2 Å². The van der Waals surface area contributed by atoms with Gasteiger partial charge < -0.3 is 20.7 Å². The molecule has 0 radical (unpaired) electrons. The fourth-order valence-electron chi connectivity index (χ4n) is 3.84. The smallest absolute Gasteiger partial charge is 0.410 e. The zero-order valence-electron chi connectivity index (χ0n) is 17.0. The fourth-order valence-corrected chi connectivity index (χ4v) is 3.84. The maximum atomic E-state index is 12.7. The van der Waals surface area contributed by atoms with Crippen LogP contribution in [0.1, 0.15) is 57.9 Å². The predicted molar refractivity (Wildman–Crippen MR) is 108 cm³/mol. The average Bonchev–Trinajstić information content (AvgIpc) is 3.53. The molecule has 154 valence electrons. The van der Waals surface area contributed by atoms with Crippen molar-refractivity contribution < 1.29 is 14.3 Å². The van der Waals surface area contributed by atoms with Crippen LogP contribution < -0.4 is 11.1 Å². The van der Waals surface area contributed by atoms with Gasteiger partial charge in [0.2, 0.25) is 5.91 Å². The molecule has 0 aliphatic heterocycles. The third-order valence-corrected chi connectivity index (χ3v) is 5.81. The first kappa shape index (κ1) is 20.6. The quantitative estimate of drug-likeness (QED) is 0.752. The summed E-state index contributed by atoms with van der Waals surface area (Å²) in [5.74, 6) is 0.0563. The Labute approximate surface area is 167 Å². The van der Waals surface area contributed by atoms with Crippen molar-refractivity contribution in [3.8, 4) is 0 Å². The van der Waals surface area contributed by atoms with Crippen molar-refractivity contribution in [3.05, 3.63) is 35.9 Å². The minimum Gasteiger partial charge on any atom is -0.445 e. The molecule has 0 spiro atoms. The van der Waals surface area contributed by atoms with E-state index < -0.39 is 6.04 Å². The van der Waals surface area contributed by atoms with Gasteiger partial charge in [0.25, 0.3) is 0 Å². The summed E-state index contributed by atoms with van der Waals surface area (Å²) >= 11 is 0. The van der Waals surface area contributed by atoms with E-state index in [0.717, 1.165) is 44.1 Å². The summed E-state index contributed by atoms with van der Waals surface area (Å²) in [6.07, 6.45) is 5.42. The number of nitrogens with one attached hydrogen (secondary N) is 1. The molecule has 1 aromatic rings. The number of ether oxygens (including phenoxy) is 1. The number of carbonyl (C=O) groups is 2. The van der Waals surface area contributed by atoms with Crippen LogP contribution in [0.5, 0.6) is 0 Å². The summed E-state index contributed by atoms with van der Waals surface area (Å²) in [7, 11) is 0. The van der Waals surface area contributed by atoms with E-state index in [0.29, 0.717) is 12.6 Å². The normalized spacial score (nSPS) is 23.1. The molecule has 0 heterocycles. The van der Waals surface area contributed by atoms with Gasteiger partial charge in [0.05, 0.1) is 6.04 Å². The first-order valence-electron chi connectivity index (χ1n) is 10.5. The first-order valence-corrected chi connectivity index (χ1v) is 10.5. The second kappa shape index (κ2) is 9.41. The van der Waals surface area contributed by atoms with E-state index in [1.54, 1.807) is 0 Å². The number of nitrogens with two attached hydrogens (primary N) is 1. The highest BCUT2D eigenvalue weighted by molar-refractivity contribution is 5.82. The maximum Gasteiger partial charge on any atom is 0.410 e. The number of benzene rings is 1. The molecular formula is C22H33N3O3. The van der Waals surface area contributed by atoms with Gasteiger partial charge in [0.1, 0.15) is 6.61 Å². The van der Waals surface area contributed by atoms with Crippen molar-refractivity contribution in [3.63, 3.8) is 0 Å². The Morgan fingerprint density at radius 1 is 1.07 bits per heavy atom. The summed E-state index contributed by atoms with van der Waals surface area (Å²) in [5, 5.41) is 3.08. The molecule has 2 saturated carbocycles. The molecule has 0 bridgehead atoms. The molecule has 1 unspecified atom stereocenters. The molecule has 3 N–H and O–H groups in total. The maximum absolute atomic E-state index is 12.7. The van der Waals surface area contributed by atoms with Gasteiger partial charge in [0.15, 0.2) is 0 Å². The molecule has 28 heavy (non-hydrogen) atoms. The second-order valence-corrected chi connectivity index (χ2v) is 8.46. The van der Waals surface area contributed by atoms with Crippen LogP contribution in [0, 0.1) is 5.92 Å². The molecule has 2 fully saturated rings. The highest BCUT2D eigenvalue weighted by Gasteiger charge is 2.40. The summed E-state index contributed by atoms with van der Waals surface area (Å²) in [4.78, 5) is 26.9. The van der Waals surface area contributed by atoms with Gasteiger partial charge >= 0.3 is 6.09 Å². The fraction of sp³-hybridized carbons (Fsp3) is 0.636. The zero-order valence-corrected chi connectivity index (χ0v) is 17.0. The average molecular weight is 388 g/mol. The van der Waals surface area contributed by atoms with E-state index in [-0.39, 0.29) is 30.0 Å². The van der Waals surface area contributed by atoms with Gasteiger partial charge in [-0.2, -0.15) is 0 Å². The molecule has 0 saturated heterocycles. The Hall–Kier alpha value is -2.08. The number of rotatable bonds is 7. The molecular weight excluding hydrogens is 354 g/mol. The summed E-state index contributed by atoms with van der Waals surface area (Å²) in [5.41, 5.74) is 6.94. The van der Waals surface area contributed by atoms with Gasteiger partial charge in [-0.3, -0.25) is 4.79 Å². The van der Waals surface area contributed by atoms with Crippen molar-refractivity contribution in [2.75, 3.05) is 0 Å². The number of amides is 2. The van der Waals surface area contributed by atoms with Crippen LogP contribution in [-0.2, 0) is 16.1 Å². The zero-order chi connectivity index (χ0) is 20.1. The molecule has 0 aromatic heterocycles. The van der Waals surface area contributed by atoms with E-state index in [4.69, 9.17) is 10.5 Å². The largest absolute Gasteiger partial charge is 0.445 e. The van der Waals surface area contributed by atoms with Crippen molar-refractivity contribution in [2.45, 2.75) is 83.1 Å². The Balaban J connectivity index is 1.49. The minimum absolute atomic E-state index is 0.0697. The molecule has 6 heteroatoms. The highest BCUT2D eigenvalue weighted by atomic mass is 16.6. The topological polar surface area (TPSA) is 84.7 Å². The molecule has 2 amide bonds. The minimum atomic E-state index is -0.464. The van der Waals surface area contributed by atoms with Gasteiger partial charge in [0, 0.05) is 18.1 Å². The van der Waals surface area contributed by atoms with E-state index in [2.05, 4.69) is 5.32 Å². The third kappa shape index (κ3) is 5.47. The number of hydrogen-bond acceptors (Lipinski definition) is 4. The number of nitrogens with zero attached hydrogens (tertiary/aromatic N) is 1. The summed E-state index contributed by atoms with van der Waals surface area (Å²) in [6, 6.07) is 9.97. The Kier molecular flexibility index (Phi) is 6.94. The van der Waals surface area contributed by atoms with Crippen LogP contribution in [0.25, 0.3) is 0 Å². The molecule has 2 aliphatic rings. The molecule has 1 aromatic carbocycles. The lowest BCUT2D eigenvalue weighted by Gasteiger charge is -2.37. The van der Waals surface area contributed by atoms with Crippen molar-refractivity contribution >= 4 is 12.0 Å². The SMILES string of the molecule is CC(C)C(N)C(=O)NC1CCC(N(C(=O)OCc2ccccc2)C2CC2)CC1. The van der Waals surface area contributed by atoms with Crippen LogP contribution in [0.2, 0.25) is 0 Å². The Morgan fingerprint density at radius 3 is 2.18 bits per heavy atom. The Bertz CT molecular complexity index is 652. The van der Waals surface area contributed by atoms with E-state index >= 15 is 0 Å².